The van der Waals surface area contributed by atoms with Crippen LogP contribution in [-0.4, -0.2) is 11.5 Å². The maximum atomic E-state index is 11.1. The molecule has 12 heavy (non-hydrogen) atoms. The van der Waals surface area contributed by atoms with Gasteiger partial charge >= 0.3 is 0 Å². The molecular formula is C9H7BrOS. The number of rotatable bonds is 0. The van der Waals surface area contributed by atoms with Crippen molar-refractivity contribution in [2.75, 3.05) is 5.75 Å². The van der Waals surface area contributed by atoms with Gasteiger partial charge in [-0.2, -0.15) is 0 Å². The lowest BCUT2D eigenvalue weighted by molar-refractivity contribution is -0.116. The summed E-state index contributed by atoms with van der Waals surface area (Å²) in [6.07, 6.45) is 0.587. The van der Waals surface area contributed by atoms with E-state index in [4.69, 9.17) is 0 Å². The molecule has 0 atom stereocenters. The molecule has 1 aromatic rings. The van der Waals surface area contributed by atoms with Crippen molar-refractivity contribution in [3.63, 3.8) is 0 Å². The molecule has 1 aliphatic rings. The fraction of sp³-hybridized carbons (Fsp3) is 0.222. The second-order valence-electron chi connectivity index (χ2n) is 2.72. The predicted octanol–water partition coefficient (Wildman–Crippen LogP) is 2.67. The van der Waals surface area contributed by atoms with E-state index in [2.05, 4.69) is 22.0 Å². The highest BCUT2D eigenvalue weighted by atomic mass is 79.9. The molecule has 0 fully saturated rings. The Labute approximate surface area is 83.7 Å². The zero-order valence-corrected chi connectivity index (χ0v) is 8.74. The van der Waals surface area contributed by atoms with E-state index in [1.807, 2.05) is 12.1 Å². The Hall–Kier alpha value is -0.280. The van der Waals surface area contributed by atoms with Gasteiger partial charge in [0.05, 0.1) is 5.75 Å². The van der Waals surface area contributed by atoms with Crippen LogP contribution in [0, 0.1) is 0 Å². The largest absolute Gasteiger partial charge is 0.298 e. The van der Waals surface area contributed by atoms with Crippen LogP contribution >= 0.6 is 27.7 Å². The third kappa shape index (κ3) is 1.43. The summed E-state index contributed by atoms with van der Waals surface area (Å²) in [6.45, 7) is 0. The molecule has 0 unspecified atom stereocenters. The van der Waals surface area contributed by atoms with Crippen LogP contribution in [0.1, 0.15) is 5.56 Å². The summed E-state index contributed by atoms with van der Waals surface area (Å²) in [4.78, 5) is 12.4. The molecule has 0 spiro atoms. The second kappa shape index (κ2) is 3.23. The lowest BCUT2D eigenvalue weighted by Crippen LogP contribution is -2.12. The molecule has 0 bridgehead atoms. The summed E-state index contributed by atoms with van der Waals surface area (Å²) >= 11 is 5.08. The lowest BCUT2D eigenvalue weighted by atomic mass is 10.1. The third-order valence-electron chi connectivity index (χ3n) is 1.84. The molecule has 0 radical (unpaired) electrons. The number of ketones is 1. The molecule has 1 heterocycles. The number of Topliss-reactive ketones (excluding diaryl/α,β-unsaturated/α-hetero) is 1. The lowest BCUT2D eigenvalue weighted by Gasteiger charge is -2.14. The zero-order valence-electron chi connectivity index (χ0n) is 6.34. The maximum absolute atomic E-state index is 11.1. The molecule has 0 saturated heterocycles. The van der Waals surface area contributed by atoms with E-state index in [0.29, 0.717) is 18.0 Å². The van der Waals surface area contributed by atoms with Gasteiger partial charge in [0.15, 0.2) is 0 Å². The van der Waals surface area contributed by atoms with Crippen LogP contribution in [0.15, 0.2) is 27.6 Å². The molecule has 1 nitrogen and oxygen atoms in total. The molecule has 0 N–H and O–H groups in total. The third-order valence-corrected chi connectivity index (χ3v) is 3.74. The summed E-state index contributed by atoms with van der Waals surface area (Å²) in [5, 5.41) is 0. The Kier molecular flexibility index (Phi) is 2.24. The van der Waals surface area contributed by atoms with Crippen LogP contribution in [0.2, 0.25) is 0 Å². The van der Waals surface area contributed by atoms with Crippen molar-refractivity contribution in [3.05, 3.63) is 28.2 Å². The van der Waals surface area contributed by atoms with Gasteiger partial charge in [0.25, 0.3) is 0 Å². The van der Waals surface area contributed by atoms with Crippen LogP contribution in [0.4, 0.5) is 0 Å². The van der Waals surface area contributed by atoms with Crippen LogP contribution < -0.4 is 0 Å². The molecule has 0 aliphatic carbocycles. The van der Waals surface area contributed by atoms with Crippen molar-refractivity contribution < 1.29 is 4.79 Å². The fourth-order valence-corrected chi connectivity index (χ4v) is 2.84. The van der Waals surface area contributed by atoms with Crippen LogP contribution in [0.3, 0.4) is 0 Å². The summed E-state index contributed by atoms with van der Waals surface area (Å²) in [5.41, 5.74) is 1.15. The summed E-state index contributed by atoms with van der Waals surface area (Å²) in [5.74, 6) is 0.947. The number of hydrogen-bond acceptors (Lipinski definition) is 2. The Morgan fingerprint density at radius 1 is 1.42 bits per heavy atom. The van der Waals surface area contributed by atoms with E-state index in [9.17, 15) is 4.79 Å². The van der Waals surface area contributed by atoms with Gasteiger partial charge in [-0.1, -0.05) is 22.0 Å². The first kappa shape index (κ1) is 8.32. The first-order valence-corrected chi connectivity index (χ1v) is 5.47. The number of carbonyl (C=O) groups excluding carboxylic acids is 1. The van der Waals surface area contributed by atoms with Crippen molar-refractivity contribution in [3.8, 4) is 0 Å². The molecule has 1 aliphatic heterocycles. The van der Waals surface area contributed by atoms with Crippen LogP contribution in [0.25, 0.3) is 0 Å². The quantitative estimate of drug-likeness (QED) is 0.696. The van der Waals surface area contributed by atoms with Gasteiger partial charge in [-0.15, -0.1) is 11.8 Å². The molecule has 0 aromatic heterocycles. The number of halogens is 1. The number of hydrogen-bond donors (Lipinski definition) is 0. The Morgan fingerprint density at radius 3 is 3.08 bits per heavy atom. The van der Waals surface area contributed by atoms with Crippen LogP contribution in [-0.2, 0) is 11.2 Å². The van der Waals surface area contributed by atoms with Gasteiger partial charge in [-0.05, 0) is 17.7 Å². The fourth-order valence-electron chi connectivity index (χ4n) is 1.25. The summed E-state index contributed by atoms with van der Waals surface area (Å²) < 4.78 is 1.06. The highest BCUT2D eigenvalue weighted by molar-refractivity contribution is 9.10. The molecule has 2 rings (SSSR count). The van der Waals surface area contributed by atoms with Crippen molar-refractivity contribution in [1.29, 1.82) is 0 Å². The highest BCUT2D eigenvalue weighted by Crippen LogP contribution is 2.32. The summed E-state index contributed by atoms with van der Waals surface area (Å²) in [6, 6.07) is 6.06. The zero-order chi connectivity index (χ0) is 8.55. The highest BCUT2D eigenvalue weighted by Gasteiger charge is 2.17. The smallest absolute Gasteiger partial charge is 0.147 e. The normalized spacial score (nSPS) is 15.9. The molecule has 3 heteroatoms. The molecule has 0 saturated carbocycles. The predicted molar refractivity (Wildman–Crippen MR) is 53.6 cm³/mol. The first-order valence-electron chi connectivity index (χ1n) is 3.69. The monoisotopic (exact) mass is 242 g/mol. The standard InChI is InChI=1S/C9H7BrOS/c10-8-2-1-3-9-7(8)4-6(11)5-12-9/h1-3H,4-5H2. The maximum Gasteiger partial charge on any atom is 0.147 e. The van der Waals surface area contributed by atoms with Crippen molar-refractivity contribution in [1.82, 2.24) is 0 Å². The molecule has 62 valence electrons. The van der Waals surface area contributed by atoms with Crippen LogP contribution in [0.5, 0.6) is 0 Å². The number of fused-ring (bicyclic) bond motifs is 1. The minimum atomic E-state index is 0.319. The van der Waals surface area contributed by atoms with Gasteiger partial charge in [0.2, 0.25) is 0 Å². The SMILES string of the molecule is O=C1CSc2cccc(Br)c2C1. The Bertz CT molecular complexity index is 335. The van der Waals surface area contributed by atoms with E-state index in [1.54, 1.807) is 11.8 Å². The van der Waals surface area contributed by atoms with Crippen molar-refractivity contribution in [2.45, 2.75) is 11.3 Å². The topological polar surface area (TPSA) is 17.1 Å². The average Bonchev–Trinajstić information content (AvgIpc) is 2.07. The van der Waals surface area contributed by atoms with Gasteiger partial charge in [0, 0.05) is 15.8 Å². The molecule has 0 amide bonds. The van der Waals surface area contributed by atoms with E-state index >= 15 is 0 Å². The molecular weight excluding hydrogens is 236 g/mol. The minimum Gasteiger partial charge on any atom is -0.298 e. The Morgan fingerprint density at radius 2 is 2.25 bits per heavy atom. The van der Waals surface area contributed by atoms with Crippen molar-refractivity contribution >= 4 is 33.5 Å². The van der Waals surface area contributed by atoms with E-state index in [-0.39, 0.29) is 0 Å². The van der Waals surface area contributed by atoms with E-state index < -0.39 is 0 Å². The number of thioether (sulfide) groups is 1. The van der Waals surface area contributed by atoms with Gasteiger partial charge < -0.3 is 0 Å². The Balaban J connectivity index is 2.50. The number of carbonyl (C=O) groups is 1. The van der Waals surface area contributed by atoms with Gasteiger partial charge in [-0.3, -0.25) is 4.79 Å². The number of benzene rings is 1. The molecule has 1 aromatic carbocycles. The first-order chi connectivity index (χ1) is 5.77. The second-order valence-corrected chi connectivity index (χ2v) is 4.59. The van der Waals surface area contributed by atoms with Gasteiger partial charge in [-0.25, -0.2) is 0 Å². The summed E-state index contributed by atoms with van der Waals surface area (Å²) in [7, 11) is 0. The minimum absolute atomic E-state index is 0.319. The van der Waals surface area contributed by atoms with E-state index in [1.165, 1.54) is 4.90 Å². The van der Waals surface area contributed by atoms with Crippen molar-refractivity contribution in [2.24, 2.45) is 0 Å². The van der Waals surface area contributed by atoms with E-state index in [0.717, 1.165) is 10.0 Å². The van der Waals surface area contributed by atoms with Gasteiger partial charge in [0.1, 0.15) is 5.78 Å². The average molecular weight is 243 g/mol.